The van der Waals surface area contributed by atoms with Gasteiger partial charge in [-0.3, -0.25) is 14.3 Å². The maximum absolute atomic E-state index is 13.2. The summed E-state index contributed by atoms with van der Waals surface area (Å²) in [6.45, 7) is 3.81. The van der Waals surface area contributed by atoms with Gasteiger partial charge < -0.3 is 30.9 Å². The lowest BCUT2D eigenvalue weighted by atomic mass is 9.72. The molecule has 0 radical (unpaired) electrons. The molecule has 2 aliphatic rings. The number of aromatic nitrogens is 2. The molecule has 4 rings (SSSR count). The summed E-state index contributed by atoms with van der Waals surface area (Å²) in [6.07, 6.45) is 4.62. The predicted molar refractivity (Wildman–Crippen MR) is 144 cm³/mol. The van der Waals surface area contributed by atoms with Crippen molar-refractivity contribution in [1.82, 2.24) is 24.9 Å². The van der Waals surface area contributed by atoms with Gasteiger partial charge in [0.1, 0.15) is 23.8 Å². The molecule has 1 aromatic carbocycles. The Morgan fingerprint density at radius 3 is 2.59 bits per heavy atom. The van der Waals surface area contributed by atoms with Gasteiger partial charge in [0.15, 0.2) is 0 Å². The molecular weight excluding hydrogens is 532 g/mol. The number of nitrogens with one attached hydrogen (secondary N) is 2. The molecule has 13 heteroatoms. The van der Waals surface area contributed by atoms with Crippen LogP contribution in [0.2, 0.25) is 5.02 Å². The van der Waals surface area contributed by atoms with Crippen molar-refractivity contribution in [2.75, 3.05) is 45.6 Å². The molecule has 2 fully saturated rings. The van der Waals surface area contributed by atoms with Crippen LogP contribution in [-0.4, -0.2) is 78.3 Å². The Bertz CT molecular complexity index is 1280. The number of carbonyl (C=O) groups excluding carboxylic acids is 2. The van der Waals surface area contributed by atoms with Gasteiger partial charge in [-0.1, -0.05) is 24.3 Å². The lowest BCUT2D eigenvalue weighted by Crippen LogP contribution is -2.59. The van der Waals surface area contributed by atoms with Gasteiger partial charge in [-0.2, -0.15) is 13.9 Å². The van der Waals surface area contributed by atoms with Crippen molar-refractivity contribution in [3.63, 3.8) is 0 Å². The van der Waals surface area contributed by atoms with E-state index < -0.39 is 12.5 Å². The minimum absolute atomic E-state index is 0.0614. The Morgan fingerprint density at radius 1 is 1.31 bits per heavy atom. The Morgan fingerprint density at radius 2 is 2.00 bits per heavy atom. The van der Waals surface area contributed by atoms with Crippen molar-refractivity contribution in [1.29, 1.82) is 0 Å². The summed E-state index contributed by atoms with van der Waals surface area (Å²) in [4.78, 5) is 30.2. The minimum Gasteiger partial charge on any atom is -0.434 e. The van der Waals surface area contributed by atoms with Crippen LogP contribution in [0.15, 0.2) is 48.4 Å². The average Bonchev–Trinajstić information content (AvgIpc) is 3.26. The number of benzene rings is 1. The Kier molecular flexibility index (Phi) is 8.45. The summed E-state index contributed by atoms with van der Waals surface area (Å²) in [7, 11) is 3.64. The number of rotatable bonds is 9. The zero-order valence-electron chi connectivity index (χ0n) is 21.8. The SMILES string of the molecule is C=C/C(C(=O)Nc1cn(CC(=O)N2CCC3(CC2)CN(C)C3)nc1-c1cc(Cl)ccc1OC(F)F)=C(\N)NC. The number of halogens is 3. The molecule has 10 nitrogen and oxygen atoms in total. The molecule has 0 saturated carbocycles. The fraction of sp³-hybridized carbons (Fsp3) is 0.423. The van der Waals surface area contributed by atoms with E-state index in [1.54, 1.807) is 11.9 Å². The lowest BCUT2D eigenvalue weighted by molar-refractivity contribution is -0.136. The van der Waals surface area contributed by atoms with Gasteiger partial charge in [-0.05, 0) is 43.5 Å². The monoisotopic (exact) mass is 563 g/mol. The fourth-order valence-corrected chi connectivity index (χ4v) is 5.38. The van der Waals surface area contributed by atoms with Crippen LogP contribution in [0.25, 0.3) is 11.3 Å². The van der Waals surface area contributed by atoms with Crippen molar-refractivity contribution in [2.45, 2.75) is 26.0 Å². The number of carbonyl (C=O) groups is 2. The van der Waals surface area contributed by atoms with Gasteiger partial charge in [-0.25, -0.2) is 0 Å². The third-order valence-electron chi connectivity index (χ3n) is 7.12. The summed E-state index contributed by atoms with van der Waals surface area (Å²) in [5.41, 5.74) is 6.58. The van der Waals surface area contributed by atoms with Crippen LogP contribution >= 0.6 is 11.6 Å². The van der Waals surface area contributed by atoms with Crippen LogP contribution in [0.3, 0.4) is 0 Å². The second-order valence-corrected chi connectivity index (χ2v) is 10.3. The van der Waals surface area contributed by atoms with Crippen molar-refractivity contribution in [3.05, 3.63) is 53.5 Å². The third kappa shape index (κ3) is 6.34. The molecule has 210 valence electrons. The number of hydrogen-bond donors (Lipinski definition) is 3. The number of alkyl halides is 2. The highest BCUT2D eigenvalue weighted by Gasteiger charge is 2.43. The van der Waals surface area contributed by atoms with E-state index in [9.17, 15) is 18.4 Å². The maximum atomic E-state index is 13.2. The van der Waals surface area contributed by atoms with Gasteiger partial charge in [0.25, 0.3) is 5.91 Å². The highest BCUT2D eigenvalue weighted by molar-refractivity contribution is 6.31. The van der Waals surface area contributed by atoms with Gasteiger partial charge in [0.05, 0.1) is 11.3 Å². The van der Waals surface area contributed by atoms with Crippen molar-refractivity contribution >= 4 is 29.1 Å². The Labute approximate surface area is 230 Å². The molecule has 2 amide bonds. The molecule has 39 heavy (non-hydrogen) atoms. The first kappa shape index (κ1) is 28.4. The standard InChI is InChI=1S/C26H32ClF2N7O3/c1-4-17(23(30)31-2)24(38)32-19-12-36(13-21(37)35-9-7-26(8-10-35)14-34(3)15-26)33-22(19)18-11-16(27)5-6-20(18)39-25(28)29/h4-6,11-12,25,31H,1,7-10,13-15,30H2,2-3H3,(H,32,38)/b23-17-. The molecule has 2 aliphatic heterocycles. The van der Waals surface area contributed by atoms with E-state index >= 15 is 0 Å². The van der Waals surface area contributed by atoms with Crippen LogP contribution in [-0.2, 0) is 16.1 Å². The number of piperidine rings is 1. The van der Waals surface area contributed by atoms with Crippen LogP contribution in [0.1, 0.15) is 12.8 Å². The molecule has 0 bridgehead atoms. The summed E-state index contributed by atoms with van der Waals surface area (Å²) < 4.78 is 32.4. The Hall–Kier alpha value is -3.64. The van der Waals surface area contributed by atoms with Crippen LogP contribution in [0.5, 0.6) is 5.75 Å². The first-order chi connectivity index (χ1) is 18.5. The van der Waals surface area contributed by atoms with E-state index in [2.05, 4.69) is 39.0 Å². The van der Waals surface area contributed by atoms with E-state index in [1.807, 2.05) is 0 Å². The minimum atomic E-state index is -3.10. The Balaban J connectivity index is 1.62. The number of amides is 2. The highest BCUT2D eigenvalue weighted by Crippen LogP contribution is 2.40. The van der Waals surface area contributed by atoms with Crippen LogP contribution in [0, 0.1) is 5.41 Å². The summed E-state index contributed by atoms with van der Waals surface area (Å²) in [6, 6.07) is 4.08. The number of ether oxygens (including phenoxy) is 1. The van der Waals surface area contributed by atoms with Gasteiger partial charge in [-0.15, -0.1) is 0 Å². The number of nitrogens with two attached hydrogens (primary N) is 1. The van der Waals surface area contributed by atoms with E-state index in [0.29, 0.717) is 18.5 Å². The van der Waals surface area contributed by atoms with E-state index in [1.165, 1.54) is 35.2 Å². The predicted octanol–water partition coefficient (Wildman–Crippen LogP) is 2.87. The average molecular weight is 564 g/mol. The fourth-order valence-electron chi connectivity index (χ4n) is 5.21. The van der Waals surface area contributed by atoms with Crippen LogP contribution in [0.4, 0.5) is 14.5 Å². The molecular formula is C26H32ClF2N7O3. The van der Waals surface area contributed by atoms with E-state index in [0.717, 1.165) is 25.9 Å². The van der Waals surface area contributed by atoms with Gasteiger partial charge >= 0.3 is 6.61 Å². The molecule has 3 heterocycles. The van der Waals surface area contributed by atoms with Gasteiger partial charge in [0, 0.05) is 50.0 Å². The highest BCUT2D eigenvalue weighted by atomic mass is 35.5. The first-order valence-corrected chi connectivity index (χ1v) is 12.8. The van der Waals surface area contributed by atoms with E-state index in [4.69, 9.17) is 17.3 Å². The first-order valence-electron chi connectivity index (χ1n) is 12.4. The smallest absolute Gasteiger partial charge is 0.387 e. The quantitative estimate of drug-likeness (QED) is 0.317. The molecule has 0 unspecified atom stereocenters. The van der Waals surface area contributed by atoms with Crippen molar-refractivity contribution in [3.8, 4) is 17.0 Å². The molecule has 1 spiro atoms. The summed E-state index contributed by atoms with van der Waals surface area (Å²) >= 11 is 6.16. The number of likely N-dealkylation sites (tertiary alicyclic amines) is 2. The summed E-state index contributed by atoms with van der Waals surface area (Å²) in [5.74, 6) is -0.862. The van der Waals surface area contributed by atoms with E-state index in [-0.39, 0.29) is 51.6 Å². The number of nitrogens with zero attached hydrogens (tertiary/aromatic N) is 4. The van der Waals surface area contributed by atoms with Gasteiger partial charge in [0.2, 0.25) is 5.91 Å². The summed E-state index contributed by atoms with van der Waals surface area (Å²) in [5, 5.41) is 10.1. The maximum Gasteiger partial charge on any atom is 0.387 e. The van der Waals surface area contributed by atoms with Crippen LogP contribution < -0.4 is 21.1 Å². The van der Waals surface area contributed by atoms with Crippen molar-refractivity contribution < 1.29 is 23.1 Å². The number of hydrogen-bond acceptors (Lipinski definition) is 7. The zero-order valence-corrected chi connectivity index (χ0v) is 22.6. The molecule has 4 N–H and O–H groups in total. The zero-order chi connectivity index (χ0) is 28.3. The van der Waals surface area contributed by atoms with Crippen molar-refractivity contribution in [2.24, 2.45) is 11.1 Å². The second kappa shape index (κ2) is 11.6. The molecule has 0 atom stereocenters. The largest absolute Gasteiger partial charge is 0.434 e. The normalized spacial score (nSPS) is 17.4. The molecule has 2 aromatic rings. The molecule has 1 aromatic heterocycles. The number of anilines is 1. The lowest BCUT2D eigenvalue weighted by Gasteiger charge is -2.52. The topological polar surface area (TPSA) is 118 Å². The third-order valence-corrected chi connectivity index (χ3v) is 7.35. The molecule has 2 saturated heterocycles. The molecule has 0 aliphatic carbocycles. The second-order valence-electron chi connectivity index (χ2n) is 9.90.